The van der Waals surface area contributed by atoms with Gasteiger partial charge in [-0.15, -0.1) is 0 Å². The first-order valence-corrected chi connectivity index (χ1v) is 8.31. The van der Waals surface area contributed by atoms with Gasteiger partial charge in [0, 0.05) is 0 Å². The Hall–Kier alpha value is -0.820. The van der Waals surface area contributed by atoms with E-state index >= 15 is 0 Å². The summed E-state index contributed by atoms with van der Waals surface area (Å²) in [7, 11) is 0. The fourth-order valence-corrected chi connectivity index (χ4v) is 3.22. The molecule has 1 unspecified atom stereocenters. The van der Waals surface area contributed by atoms with Crippen LogP contribution < -0.4 is 0 Å². The zero-order valence-corrected chi connectivity index (χ0v) is 13.8. The monoisotopic (exact) mass is 276 g/mol. The number of benzene rings is 1. The van der Waals surface area contributed by atoms with Crippen molar-refractivity contribution >= 4 is 0 Å². The van der Waals surface area contributed by atoms with Crippen LogP contribution in [0.4, 0.5) is 0 Å². The molecule has 1 heteroatoms. The third-order valence-electron chi connectivity index (χ3n) is 4.45. The number of rotatable bonds is 9. The lowest BCUT2D eigenvalue weighted by atomic mass is 9.76. The molecule has 1 N–H and O–H groups in total. The molecule has 0 saturated heterocycles. The first-order valence-electron chi connectivity index (χ1n) is 8.31. The van der Waals surface area contributed by atoms with Crippen molar-refractivity contribution in [3.63, 3.8) is 0 Å². The highest BCUT2D eigenvalue weighted by Crippen LogP contribution is 2.34. The van der Waals surface area contributed by atoms with Crippen LogP contribution in [0.15, 0.2) is 24.3 Å². The van der Waals surface area contributed by atoms with Crippen molar-refractivity contribution < 1.29 is 5.11 Å². The number of aliphatic hydroxyl groups is 1. The van der Waals surface area contributed by atoms with Crippen LogP contribution in [0, 0.1) is 5.41 Å². The molecular weight excluding hydrogens is 244 g/mol. The van der Waals surface area contributed by atoms with Gasteiger partial charge in [-0.2, -0.15) is 0 Å². The van der Waals surface area contributed by atoms with Gasteiger partial charge >= 0.3 is 0 Å². The summed E-state index contributed by atoms with van der Waals surface area (Å²) in [6.45, 7) is 9.03. The zero-order valence-electron chi connectivity index (χ0n) is 13.8. The van der Waals surface area contributed by atoms with Crippen molar-refractivity contribution in [2.45, 2.75) is 78.7 Å². The van der Waals surface area contributed by atoms with E-state index in [1.807, 2.05) is 13.0 Å². The molecule has 0 aliphatic rings. The molecule has 0 amide bonds. The molecular formula is C19H32O. The SMILES string of the molecule is CCCC(C)(CCC)CCc1cccc(C(O)CC)c1. The van der Waals surface area contributed by atoms with E-state index < -0.39 is 0 Å². The van der Waals surface area contributed by atoms with Crippen LogP contribution in [0.3, 0.4) is 0 Å². The smallest absolute Gasteiger partial charge is 0.0787 e. The molecule has 0 aromatic heterocycles. The van der Waals surface area contributed by atoms with Gasteiger partial charge in [-0.25, -0.2) is 0 Å². The molecule has 1 nitrogen and oxygen atoms in total. The minimum Gasteiger partial charge on any atom is -0.388 e. The van der Waals surface area contributed by atoms with Gasteiger partial charge < -0.3 is 5.11 Å². The third kappa shape index (κ3) is 5.28. The molecule has 1 aromatic rings. The summed E-state index contributed by atoms with van der Waals surface area (Å²) in [5.74, 6) is 0. The molecule has 114 valence electrons. The summed E-state index contributed by atoms with van der Waals surface area (Å²) in [4.78, 5) is 0. The third-order valence-corrected chi connectivity index (χ3v) is 4.45. The number of aliphatic hydroxyl groups excluding tert-OH is 1. The predicted octanol–water partition coefficient (Wildman–Crippen LogP) is 5.67. The molecule has 1 atom stereocenters. The van der Waals surface area contributed by atoms with E-state index in [0.29, 0.717) is 5.41 Å². The summed E-state index contributed by atoms with van der Waals surface area (Å²) < 4.78 is 0. The first-order chi connectivity index (χ1) is 9.54. The van der Waals surface area contributed by atoms with Crippen LogP contribution in [0.5, 0.6) is 0 Å². The zero-order chi connectivity index (χ0) is 15.0. The lowest BCUT2D eigenvalue weighted by Crippen LogP contribution is -2.17. The second kappa shape index (κ2) is 8.46. The maximum atomic E-state index is 9.95. The van der Waals surface area contributed by atoms with Gasteiger partial charge in [0.15, 0.2) is 0 Å². The standard InChI is InChI=1S/C19H32O/c1-5-12-19(4,13-6-2)14-11-16-9-8-10-17(15-16)18(20)7-3/h8-10,15,18,20H,5-7,11-14H2,1-4H3. The number of aryl methyl sites for hydroxylation is 1. The fourth-order valence-electron chi connectivity index (χ4n) is 3.22. The molecule has 0 aliphatic heterocycles. The Balaban J connectivity index is 2.68. The molecule has 20 heavy (non-hydrogen) atoms. The molecule has 0 spiro atoms. The van der Waals surface area contributed by atoms with Crippen LogP contribution in [-0.4, -0.2) is 5.11 Å². The molecule has 0 bridgehead atoms. The molecule has 0 heterocycles. The van der Waals surface area contributed by atoms with E-state index in [2.05, 4.69) is 39.0 Å². The molecule has 0 aliphatic carbocycles. The molecule has 0 radical (unpaired) electrons. The number of hydrogen-bond donors (Lipinski definition) is 1. The Morgan fingerprint density at radius 3 is 2.25 bits per heavy atom. The van der Waals surface area contributed by atoms with Crippen molar-refractivity contribution in [1.82, 2.24) is 0 Å². The highest BCUT2D eigenvalue weighted by atomic mass is 16.3. The molecule has 0 fully saturated rings. The number of hydrogen-bond acceptors (Lipinski definition) is 1. The quantitative estimate of drug-likeness (QED) is 0.616. The Bertz CT molecular complexity index is 377. The Morgan fingerprint density at radius 1 is 1.05 bits per heavy atom. The van der Waals surface area contributed by atoms with Crippen LogP contribution in [0.2, 0.25) is 0 Å². The lowest BCUT2D eigenvalue weighted by Gasteiger charge is -2.29. The van der Waals surface area contributed by atoms with Crippen LogP contribution in [0.1, 0.15) is 83.5 Å². The molecule has 1 rings (SSSR count). The molecule has 0 saturated carbocycles. The Labute approximate surface area is 125 Å². The van der Waals surface area contributed by atoms with E-state index in [1.54, 1.807) is 0 Å². The summed E-state index contributed by atoms with van der Waals surface area (Å²) in [6.07, 6.45) is 8.02. The van der Waals surface area contributed by atoms with Crippen molar-refractivity contribution in [1.29, 1.82) is 0 Å². The summed E-state index contributed by atoms with van der Waals surface area (Å²) >= 11 is 0. The highest BCUT2D eigenvalue weighted by molar-refractivity contribution is 5.25. The first kappa shape index (κ1) is 17.2. The van der Waals surface area contributed by atoms with Crippen LogP contribution >= 0.6 is 0 Å². The second-order valence-corrected chi connectivity index (χ2v) is 6.48. The average Bonchev–Trinajstić information content (AvgIpc) is 2.45. The largest absolute Gasteiger partial charge is 0.388 e. The average molecular weight is 276 g/mol. The van der Waals surface area contributed by atoms with E-state index in [-0.39, 0.29) is 6.10 Å². The van der Waals surface area contributed by atoms with Crippen LogP contribution in [-0.2, 0) is 6.42 Å². The highest BCUT2D eigenvalue weighted by Gasteiger charge is 2.21. The van der Waals surface area contributed by atoms with E-state index in [0.717, 1.165) is 18.4 Å². The summed E-state index contributed by atoms with van der Waals surface area (Å²) in [5.41, 5.74) is 2.91. The van der Waals surface area contributed by atoms with Crippen molar-refractivity contribution in [3.8, 4) is 0 Å². The molecule has 1 aromatic carbocycles. The predicted molar refractivity (Wildman–Crippen MR) is 87.9 cm³/mol. The van der Waals surface area contributed by atoms with Gasteiger partial charge in [-0.3, -0.25) is 0 Å². The maximum Gasteiger partial charge on any atom is 0.0787 e. The van der Waals surface area contributed by atoms with Gasteiger partial charge in [0.2, 0.25) is 0 Å². The lowest BCUT2D eigenvalue weighted by molar-refractivity contribution is 0.173. The van der Waals surface area contributed by atoms with E-state index in [4.69, 9.17) is 0 Å². The van der Waals surface area contributed by atoms with Gasteiger partial charge in [0.1, 0.15) is 0 Å². The van der Waals surface area contributed by atoms with Gasteiger partial charge in [-0.05, 0) is 48.6 Å². The normalized spacial score (nSPS) is 13.4. The van der Waals surface area contributed by atoms with Crippen molar-refractivity contribution in [3.05, 3.63) is 35.4 Å². The van der Waals surface area contributed by atoms with E-state index in [9.17, 15) is 5.11 Å². The topological polar surface area (TPSA) is 20.2 Å². The maximum absolute atomic E-state index is 9.95. The summed E-state index contributed by atoms with van der Waals surface area (Å²) in [5, 5.41) is 9.95. The Kier molecular flexibility index (Phi) is 7.29. The van der Waals surface area contributed by atoms with Crippen molar-refractivity contribution in [2.24, 2.45) is 5.41 Å². The Morgan fingerprint density at radius 2 is 1.70 bits per heavy atom. The van der Waals surface area contributed by atoms with Gasteiger partial charge in [0.05, 0.1) is 6.10 Å². The fraction of sp³-hybridized carbons (Fsp3) is 0.684. The minimum absolute atomic E-state index is 0.312. The van der Waals surface area contributed by atoms with Gasteiger partial charge in [0.25, 0.3) is 0 Å². The minimum atomic E-state index is -0.312. The summed E-state index contributed by atoms with van der Waals surface area (Å²) in [6, 6.07) is 8.51. The van der Waals surface area contributed by atoms with Crippen LogP contribution in [0.25, 0.3) is 0 Å². The van der Waals surface area contributed by atoms with E-state index in [1.165, 1.54) is 37.7 Å². The van der Waals surface area contributed by atoms with Gasteiger partial charge in [-0.1, -0.05) is 64.8 Å². The van der Waals surface area contributed by atoms with Crippen molar-refractivity contribution in [2.75, 3.05) is 0 Å². The second-order valence-electron chi connectivity index (χ2n) is 6.48.